The normalized spacial score (nSPS) is 11.7. The first-order valence-corrected chi connectivity index (χ1v) is 6.37. The summed E-state index contributed by atoms with van der Waals surface area (Å²) in [6, 6.07) is 12.6. The maximum Gasteiger partial charge on any atom is 0.184 e. The minimum Gasteiger partial charge on any atom is -0.292 e. The van der Waals surface area contributed by atoms with Crippen molar-refractivity contribution in [2.45, 2.75) is 12.8 Å². The molecule has 2 aromatic carbocycles. The first-order chi connectivity index (χ1) is 9.54. The Morgan fingerprint density at radius 1 is 1.30 bits per heavy atom. The van der Waals surface area contributed by atoms with Gasteiger partial charge < -0.3 is 0 Å². The van der Waals surface area contributed by atoms with Crippen LogP contribution in [0.4, 0.5) is 4.39 Å². The van der Waals surface area contributed by atoms with Crippen LogP contribution in [0.25, 0.3) is 0 Å². The average molecular weight is 288 g/mol. The van der Waals surface area contributed by atoms with Crippen molar-refractivity contribution in [2.24, 2.45) is 0 Å². The molecular weight excluding hydrogens is 277 g/mol. The van der Waals surface area contributed by atoms with E-state index in [-0.39, 0.29) is 10.8 Å². The van der Waals surface area contributed by atoms with E-state index in [2.05, 4.69) is 0 Å². The van der Waals surface area contributed by atoms with Crippen LogP contribution in [-0.4, -0.2) is 5.78 Å². The highest BCUT2D eigenvalue weighted by molar-refractivity contribution is 6.31. The van der Waals surface area contributed by atoms with Crippen molar-refractivity contribution in [3.05, 3.63) is 70.0 Å². The molecule has 20 heavy (non-hydrogen) atoms. The Labute approximate surface area is 121 Å². The number of carbonyl (C=O) groups excluding carboxylic acids is 1. The SMILES string of the molecule is Cc1ccccc1C(=O)C(C#N)c1ccc(F)cc1Cl. The van der Waals surface area contributed by atoms with Gasteiger partial charge in [-0.1, -0.05) is 41.9 Å². The van der Waals surface area contributed by atoms with Crippen LogP contribution in [0.2, 0.25) is 5.02 Å². The monoisotopic (exact) mass is 287 g/mol. The number of hydrogen-bond donors (Lipinski definition) is 0. The fourth-order valence-electron chi connectivity index (χ4n) is 2.01. The maximum absolute atomic E-state index is 13.1. The predicted octanol–water partition coefficient (Wildman–Crippen LogP) is 4.28. The van der Waals surface area contributed by atoms with Crippen molar-refractivity contribution < 1.29 is 9.18 Å². The summed E-state index contributed by atoms with van der Waals surface area (Å²) >= 11 is 5.93. The Morgan fingerprint density at radius 2 is 2.00 bits per heavy atom. The van der Waals surface area contributed by atoms with Crippen molar-refractivity contribution in [3.63, 3.8) is 0 Å². The number of nitrogens with zero attached hydrogens (tertiary/aromatic N) is 1. The van der Waals surface area contributed by atoms with Crippen LogP contribution in [0.15, 0.2) is 42.5 Å². The molecule has 1 atom stereocenters. The van der Waals surface area contributed by atoms with E-state index in [1.165, 1.54) is 12.1 Å². The van der Waals surface area contributed by atoms with Crippen LogP contribution in [0, 0.1) is 24.1 Å². The molecule has 0 aliphatic carbocycles. The summed E-state index contributed by atoms with van der Waals surface area (Å²) in [5, 5.41) is 9.35. The molecule has 0 spiro atoms. The first-order valence-electron chi connectivity index (χ1n) is 5.99. The van der Waals surface area contributed by atoms with Crippen molar-refractivity contribution >= 4 is 17.4 Å². The number of carbonyl (C=O) groups is 1. The summed E-state index contributed by atoms with van der Waals surface area (Å²) in [6.45, 7) is 1.80. The largest absolute Gasteiger partial charge is 0.292 e. The van der Waals surface area contributed by atoms with Crippen molar-refractivity contribution in [3.8, 4) is 6.07 Å². The highest BCUT2D eigenvalue weighted by atomic mass is 35.5. The van der Waals surface area contributed by atoms with Gasteiger partial charge in [-0.15, -0.1) is 0 Å². The molecule has 1 unspecified atom stereocenters. The van der Waals surface area contributed by atoms with Gasteiger partial charge in [-0.3, -0.25) is 4.79 Å². The van der Waals surface area contributed by atoms with E-state index in [1.54, 1.807) is 25.1 Å². The molecule has 0 radical (unpaired) electrons. The zero-order valence-corrected chi connectivity index (χ0v) is 11.5. The quantitative estimate of drug-likeness (QED) is 0.791. The molecule has 0 aromatic heterocycles. The molecule has 0 N–H and O–H groups in total. The molecule has 0 aliphatic rings. The number of halogens is 2. The molecule has 0 amide bonds. The molecule has 2 rings (SSSR count). The molecule has 0 heterocycles. The van der Waals surface area contributed by atoms with Gasteiger partial charge in [-0.2, -0.15) is 5.26 Å². The maximum atomic E-state index is 13.1. The third kappa shape index (κ3) is 2.71. The number of rotatable bonds is 3. The summed E-state index contributed by atoms with van der Waals surface area (Å²) < 4.78 is 13.1. The second-order valence-electron chi connectivity index (χ2n) is 4.41. The number of aryl methyl sites for hydroxylation is 1. The summed E-state index contributed by atoms with van der Waals surface area (Å²) in [5.41, 5.74) is 1.58. The molecule has 4 heteroatoms. The molecule has 2 nitrogen and oxygen atoms in total. The molecule has 0 aliphatic heterocycles. The third-order valence-electron chi connectivity index (χ3n) is 3.08. The van der Waals surface area contributed by atoms with Crippen LogP contribution in [0.1, 0.15) is 27.4 Å². The van der Waals surface area contributed by atoms with Gasteiger partial charge in [-0.25, -0.2) is 4.39 Å². The second kappa shape index (κ2) is 5.85. The van der Waals surface area contributed by atoms with Gasteiger partial charge in [0.2, 0.25) is 0 Å². The Morgan fingerprint density at radius 3 is 2.60 bits per heavy atom. The number of ketones is 1. The zero-order valence-electron chi connectivity index (χ0n) is 10.7. The van der Waals surface area contributed by atoms with Crippen molar-refractivity contribution in [2.75, 3.05) is 0 Å². The molecule has 0 bridgehead atoms. The lowest BCUT2D eigenvalue weighted by molar-refractivity contribution is 0.0978. The Hall–Kier alpha value is -2.18. The van der Waals surface area contributed by atoms with Gasteiger partial charge in [0.25, 0.3) is 0 Å². The second-order valence-corrected chi connectivity index (χ2v) is 4.81. The topological polar surface area (TPSA) is 40.9 Å². The van der Waals surface area contributed by atoms with Crippen LogP contribution in [0.3, 0.4) is 0 Å². The van der Waals surface area contributed by atoms with Gasteiger partial charge in [0.15, 0.2) is 5.78 Å². The Kier molecular flexibility index (Phi) is 4.16. The molecule has 0 saturated heterocycles. The Bertz CT molecular complexity index is 706. The van der Waals surface area contributed by atoms with Crippen LogP contribution < -0.4 is 0 Å². The standard InChI is InChI=1S/C16H11ClFNO/c1-10-4-2-3-5-12(10)16(20)14(9-19)13-7-6-11(18)8-15(13)17/h2-8,14H,1H3. The zero-order chi connectivity index (χ0) is 14.7. The van der Waals surface area contributed by atoms with E-state index >= 15 is 0 Å². The highest BCUT2D eigenvalue weighted by Gasteiger charge is 2.25. The van der Waals surface area contributed by atoms with E-state index in [4.69, 9.17) is 11.6 Å². The lowest BCUT2D eigenvalue weighted by Crippen LogP contribution is -2.13. The Balaban J connectivity index is 2.46. The van der Waals surface area contributed by atoms with E-state index in [0.717, 1.165) is 11.6 Å². The van der Waals surface area contributed by atoms with Gasteiger partial charge >= 0.3 is 0 Å². The van der Waals surface area contributed by atoms with E-state index in [9.17, 15) is 14.4 Å². The van der Waals surface area contributed by atoms with Gasteiger partial charge in [-0.05, 0) is 30.2 Å². The summed E-state index contributed by atoms with van der Waals surface area (Å²) in [7, 11) is 0. The van der Waals surface area contributed by atoms with E-state index < -0.39 is 11.7 Å². The third-order valence-corrected chi connectivity index (χ3v) is 3.40. The predicted molar refractivity (Wildman–Crippen MR) is 75.3 cm³/mol. The number of benzene rings is 2. The van der Waals surface area contributed by atoms with Gasteiger partial charge in [0.05, 0.1) is 6.07 Å². The number of Topliss-reactive ketones (excluding diaryl/α,β-unsaturated/α-hetero) is 1. The molecular formula is C16H11ClFNO. The van der Waals surface area contributed by atoms with Crippen LogP contribution >= 0.6 is 11.6 Å². The van der Waals surface area contributed by atoms with Crippen LogP contribution in [0.5, 0.6) is 0 Å². The average Bonchev–Trinajstić information content (AvgIpc) is 2.42. The summed E-state index contributed by atoms with van der Waals surface area (Å²) in [5.74, 6) is -1.87. The first kappa shape index (κ1) is 14.2. The minimum atomic E-state index is -1.04. The lowest BCUT2D eigenvalue weighted by Gasteiger charge is -2.12. The molecule has 0 saturated carbocycles. The number of nitriles is 1. The molecule has 2 aromatic rings. The van der Waals surface area contributed by atoms with Crippen molar-refractivity contribution in [1.82, 2.24) is 0 Å². The molecule has 0 fully saturated rings. The minimum absolute atomic E-state index is 0.0819. The highest BCUT2D eigenvalue weighted by Crippen LogP contribution is 2.28. The lowest BCUT2D eigenvalue weighted by atomic mass is 9.90. The van der Waals surface area contributed by atoms with Crippen LogP contribution in [-0.2, 0) is 0 Å². The van der Waals surface area contributed by atoms with Crippen molar-refractivity contribution in [1.29, 1.82) is 5.26 Å². The number of hydrogen-bond acceptors (Lipinski definition) is 2. The van der Waals surface area contributed by atoms with Gasteiger partial charge in [0, 0.05) is 10.6 Å². The van der Waals surface area contributed by atoms with E-state index in [1.807, 2.05) is 12.1 Å². The van der Waals surface area contributed by atoms with E-state index in [0.29, 0.717) is 11.1 Å². The molecule has 100 valence electrons. The van der Waals surface area contributed by atoms with Gasteiger partial charge in [0.1, 0.15) is 11.7 Å². The summed E-state index contributed by atoms with van der Waals surface area (Å²) in [4.78, 5) is 12.5. The smallest absolute Gasteiger partial charge is 0.184 e. The summed E-state index contributed by atoms with van der Waals surface area (Å²) in [6.07, 6.45) is 0. The fourth-order valence-corrected chi connectivity index (χ4v) is 2.29. The fraction of sp³-hybridized carbons (Fsp3) is 0.125.